The van der Waals surface area contributed by atoms with Gasteiger partial charge in [0.25, 0.3) is 12.3 Å². The van der Waals surface area contributed by atoms with Gasteiger partial charge >= 0.3 is 29.2 Å². The first-order valence-corrected chi connectivity index (χ1v) is 1.84. The summed E-state index contributed by atoms with van der Waals surface area (Å²) in [5.41, 5.74) is 0. The van der Waals surface area contributed by atoms with Gasteiger partial charge in [0.1, 0.15) is 0 Å². The van der Waals surface area contributed by atoms with Crippen LogP contribution in [0.2, 0.25) is 0 Å². The van der Waals surface area contributed by atoms with E-state index >= 15 is 0 Å². The third-order valence-corrected chi connectivity index (χ3v) is 0.333. The van der Waals surface area contributed by atoms with Gasteiger partial charge in [-0.05, 0) is 0 Å². The second-order valence-corrected chi connectivity index (χ2v) is 0.954. The number of ether oxygens (including phenoxy) is 2. The fourth-order valence-corrected chi connectivity index (χ4v) is 0.157. The number of carbonyl (C=O) groups excluding carboxylic acids is 3. The molecule has 0 aliphatic rings. The van der Waals surface area contributed by atoms with E-state index in [1.165, 1.54) is 0 Å². The summed E-state index contributed by atoms with van der Waals surface area (Å²) >= 11 is 0. The summed E-state index contributed by atoms with van der Waals surface area (Å²) in [7, 11) is 0. The van der Waals surface area contributed by atoms with Crippen LogP contribution in [-0.4, -0.2) is 41.5 Å². The molecular weight excluding hydrogens is 172 g/mol. The molecule has 0 rings (SSSR count). The van der Waals surface area contributed by atoms with Gasteiger partial charge in [-0.3, -0.25) is 0 Å². The smallest absolute Gasteiger partial charge is 0.467 e. The Morgan fingerprint density at radius 2 is 1.18 bits per heavy atom. The summed E-state index contributed by atoms with van der Waals surface area (Å²) < 4.78 is 6.17. The van der Waals surface area contributed by atoms with Crippen LogP contribution in [0.3, 0.4) is 0 Å². The topological polar surface area (TPSA) is 116 Å². The first-order chi connectivity index (χ1) is 4.52. The van der Waals surface area contributed by atoms with E-state index in [-0.39, 0.29) is 23.1 Å². The van der Waals surface area contributed by atoms with Crippen molar-refractivity contribution < 1.29 is 34.1 Å². The molecule has 0 N–H and O–H groups in total. The maximum Gasteiger partial charge on any atom is 2.00 e. The monoisotopic (exact) mass is 172 g/mol. The van der Waals surface area contributed by atoms with Crippen LogP contribution in [0.25, 0.3) is 0 Å². The first kappa shape index (κ1) is 12.6. The largest absolute Gasteiger partial charge is 2.00 e. The Bertz CT molecular complexity index is 157. The molecule has 11 heavy (non-hydrogen) atoms. The van der Waals surface area contributed by atoms with Crippen LogP contribution in [0, 0.1) is 0 Å². The fraction of sp³-hybridized carbons (Fsp3) is 0. The average Bonchev–Trinajstić information content (AvgIpc) is 1.58. The number of hydrogen-bond acceptors (Lipinski definition) is 7. The van der Waals surface area contributed by atoms with Gasteiger partial charge < -0.3 is 29.3 Å². The number of hydrogen-bond donors (Lipinski definition) is 0. The SMILES string of the molecule is O=C([O-])OC(=O)OC(=O)[O-].[Mg+2]. The standard InChI is InChI=1S/C3H2O7.Mg/c4-1(5)9-3(8)10-2(6)7;/h(H,4,5)(H,6,7);/q;+2/p-2. The predicted octanol–water partition coefficient (Wildman–Crippen LogP) is -2.55. The van der Waals surface area contributed by atoms with Gasteiger partial charge in [0.15, 0.2) is 0 Å². The summed E-state index contributed by atoms with van der Waals surface area (Å²) in [5, 5.41) is 18.7. The summed E-state index contributed by atoms with van der Waals surface area (Å²) in [4.78, 5) is 28.5. The van der Waals surface area contributed by atoms with Crippen LogP contribution in [0.5, 0.6) is 0 Å². The summed E-state index contributed by atoms with van der Waals surface area (Å²) in [6.07, 6.45) is -6.32. The molecule has 0 aliphatic heterocycles. The zero-order valence-electron chi connectivity index (χ0n) is 5.06. The Hall–Kier alpha value is -1.02. The Morgan fingerprint density at radius 3 is 1.36 bits per heavy atom. The first-order valence-electron chi connectivity index (χ1n) is 1.84. The van der Waals surface area contributed by atoms with Gasteiger partial charge in [0, 0.05) is 0 Å². The van der Waals surface area contributed by atoms with Crippen LogP contribution < -0.4 is 10.2 Å². The van der Waals surface area contributed by atoms with E-state index in [9.17, 15) is 24.6 Å². The summed E-state index contributed by atoms with van der Waals surface area (Å²) in [6.45, 7) is 0. The van der Waals surface area contributed by atoms with Crippen molar-refractivity contribution in [3.63, 3.8) is 0 Å². The number of carboxylic acid groups (broad SMARTS) is 2. The molecule has 0 atom stereocenters. The molecule has 0 radical (unpaired) electrons. The van der Waals surface area contributed by atoms with Gasteiger partial charge in [-0.25, -0.2) is 4.79 Å². The van der Waals surface area contributed by atoms with Gasteiger partial charge in [-0.15, -0.1) is 0 Å². The van der Waals surface area contributed by atoms with Crippen molar-refractivity contribution >= 4 is 41.5 Å². The van der Waals surface area contributed by atoms with Crippen LogP contribution in [0.4, 0.5) is 14.4 Å². The second kappa shape index (κ2) is 5.74. The quantitative estimate of drug-likeness (QED) is 0.224. The molecule has 8 heteroatoms. The Balaban J connectivity index is 0. The van der Waals surface area contributed by atoms with Crippen LogP contribution in [-0.2, 0) is 9.47 Å². The average molecular weight is 172 g/mol. The molecule has 0 saturated heterocycles. The van der Waals surface area contributed by atoms with Crippen molar-refractivity contribution in [2.75, 3.05) is 0 Å². The van der Waals surface area contributed by atoms with Crippen LogP contribution >= 0.6 is 0 Å². The minimum Gasteiger partial charge on any atom is -0.467 e. The van der Waals surface area contributed by atoms with Crippen molar-refractivity contribution in [2.45, 2.75) is 0 Å². The molecule has 0 aromatic rings. The molecular formula is C3MgO7. The van der Waals surface area contributed by atoms with Crippen molar-refractivity contribution in [3.8, 4) is 0 Å². The molecule has 0 fully saturated rings. The molecule has 0 unspecified atom stereocenters. The molecule has 0 bridgehead atoms. The maximum absolute atomic E-state index is 9.78. The van der Waals surface area contributed by atoms with E-state index in [1.807, 2.05) is 0 Å². The zero-order valence-corrected chi connectivity index (χ0v) is 6.48. The van der Waals surface area contributed by atoms with Gasteiger partial charge in [0.05, 0.1) is 0 Å². The fourth-order valence-electron chi connectivity index (χ4n) is 0.157. The van der Waals surface area contributed by atoms with Gasteiger partial charge in [-0.2, -0.15) is 0 Å². The minimum absolute atomic E-state index is 0. The summed E-state index contributed by atoms with van der Waals surface area (Å²) in [5.74, 6) is 0. The normalized spacial score (nSPS) is 7.27. The third kappa shape index (κ3) is 8.98. The second-order valence-electron chi connectivity index (χ2n) is 0.954. The van der Waals surface area contributed by atoms with Gasteiger partial charge in [0.2, 0.25) is 0 Å². The van der Waals surface area contributed by atoms with E-state index in [0.29, 0.717) is 0 Å². The van der Waals surface area contributed by atoms with Crippen molar-refractivity contribution in [1.29, 1.82) is 0 Å². The van der Waals surface area contributed by atoms with Crippen LogP contribution in [0.1, 0.15) is 0 Å². The molecule has 0 heterocycles. The van der Waals surface area contributed by atoms with Crippen LogP contribution in [0.15, 0.2) is 0 Å². The van der Waals surface area contributed by atoms with E-state index in [2.05, 4.69) is 9.47 Å². The molecule has 56 valence electrons. The van der Waals surface area contributed by atoms with E-state index in [0.717, 1.165) is 0 Å². The Morgan fingerprint density at radius 1 is 0.909 bits per heavy atom. The van der Waals surface area contributed by atoms with Crippen molar-refractivity contribution in [1.82, 2.24) is 0 Å². The Labute approximate surface area is 76.0 Å². The maximum atomic E-state index is 9.78. The zero-order chi connectivity index (χ0) is 8.15. The van der Waals surface area contributed by atoms with E-state index < -0.39 is 18.5 Å². The molecule has 0 saturated carbocycles. The number of carbonyl (C=O) groups is 3. The molecule has 7 nitrogen and oxygen atoms in total. The molecule has 0 aromatic heterocycles. The van der Waals surface area contributed by atoms with E-state index in [1.54, 1.807) is 0 Å². The molecule has 0 aromatic carbocycles. The predicted molar refractivity (Wildman–Crippen MR) is 24.1 cm³/mol. The minimum atomic E-state index is -2.20. The molecule has 0 aliphatic carbocycles. The van der Waals surface area contributed by atoms with Crippen molar-refractivity contribution in [2.24, 2.45) is 0 Å². The third-order valence-electron chi connectivity index (χ3n) is 0.333. The van der Waals surface area contributed by atoms with E-state index in [4.69, 9.17) is 0 Å². The number of rotatable bonds is 0. The van der Waals surface area contributed by atoms with Gasteiger partial charge in [-0.1, -0.05) is 0 Å². The van der Waals surface area contributed by atoms with Crippen molar-refractivity contribution in [3.05, 3.63) is 0 Å². The summed E-state index contributed by atoms with van der Waals surface area (Å²) in [6, 6.07) is 0. The Kier molecular flexibility index (Phi) is 6.59. The molecule has 0 amide bonds. The molecule has 0 spiro atoms.